The molecule has 0 spiro atoms. The third-order valence-corrected chi connectivity index (χ3v) is 8.70. The molecule has 3 fully saturated rings. The highest BCUT2D eigenvalue weighted by Crippen LogP contribution is 2.47. The lowest BCUT2D eigenvalue weighted by Gasteiger charge is -2.33. The van der Waals surface area contributed by atoms with Crippen molar-refractivity contribution in [2.24, 2.45) is 0 Å². The maximum Gasteiger partial charge on any atom is 0.412 e. The number of likely N-dealkylation sites (tertiary alicyclic amines) is 1. The normalized spacial score (nSPS) is 27.2. The summed E-state index contributed by atoms with van der Waals surface area (Å²) in [6, 6.07) is 6.93. The molecule has 3 aliphatic rings. The fraction of sp³-hybridized carbons (Fsp3) is 0.788. The van der Waals surface area contributed by atoms with Crippen molar-refractivity contribution >= 4 is 23.4 Å². The van der Waals surface area contributed by atoms with Crippen LogP contribution in [-0.2, 0) is 23.7 Å². The number of halogens is 1. The monoisotopic (exact) mass is 608 g/mol. The minimum atomic E-state index is -1.13. The molecule has 1 amide bonds. The van der Waals surface area contributed by atoms with Crippen LogP contribution in [0.25, 0.3) is 0 Å². The van der Waals surface area contributed by atoms with Gasteiger partial charge in [0.15, 0.2) is 18.0 Å². The zero-order valence-electron chi connectivity index (χ0n) is 26.0. The first-order valence-corrected chi connectivity index (χ1v) is 16.8. The van der Waals surface area contributed by atoms with Gasteiger partial charge in [-0.1, -0.05) is 82.7 Å². The Morgan fingerprint density at radius 3 is 2.26 bits per heavy atom. The van der Waals surface area contributed by atoms with E-state index in [0.717, 1.165) is 38.8 Å². The average molecular weight is 609 g/mol. The van der Waals surface area contributed by atoms with Gasteiger partial charge in [0.25, 0.3) is 0 Å². The maximum atomic E-state index is 13.1. The molecule has 4 rings (SSSR count). The quantitative estimate of drug-likeness (QED) is 0.180. The van der Waals surface area contributed by atoms with Gasteiger partial charge in [-0.15, -0.1) is 0 Å². The molecule has 3 saturated heterocycles. The van der Waals surface area contributed by atoms with E-state index in [1.165, 1.54) is 57.8 Å². The third kappa shape index (κ3) is 10.1. The molecule has 9 heteroatoms. The van der Waals surface area contributed by atoms with E-state index in [0.29, 0.717) is 23.9 Å². The van der Waals surface area contributed by atoms with Crippen LogP contribution in [0.5, 0.6) is 0 Å². The van der Waals surface area contributed by atoms with E-state index in [1.807, 2.05) is 13.8 Å². The molecule has 3 heterocycles. The number of carbonyl (C=O) groups excluding carboxylic acids is 1. The lowest BCUT2D eigenvalue weighted by atomic mass is 10.0. The number of nitrogens with zero attached hydrogens (tertiary/aromatic N) is 1. The summed E-state index contributed by atoms with van der Waals surface area (Å²) in [4.78, 5) is 15.4. The second-order valence-electron chi connectivity index (χ2n) is 12.6. The van der Waals surface area contributed by atoms with Crippen molar-refractivity contribution in [1.82, 2.24) is 4.90 Å². The number of benzene rings is 1. The van der Waals surface area contributed by atoms with Gasteiger partial charge in [0.1, 0.15) is 12.7 Å². The predicted octanol–water partition coefficient (Wildman–Crippen LogP) is 7.93. The number of carbonyl (C=O) groups is 1. The molecule has 8 nitrogen and oxygen atoms in total. The average Bonchev–Trinajstić information content (AvgIpc) is 3.37. The van der Waals surface area contributed by atoms with Crippen LogP contribution in [0, 0.1) is 0 Å². The predicted molar refractivity (Wildman–Crippen MR) is 166 cm³/mol. The SMILES string of the molecule is CCCCCCCCCCCCOC[C@@]12O[C@@H](CN3CCCCC3)[C@@H](OC(=O)Nc3ccc(Cl)cc3)[C@@H]1OC(C)(C)O2. The van der Waals surface area contributed by atoms with Crippen molar-refractivity contribution in [3.63, 3.8) is 0 Å². The molecule has 4 atom stereocenters. The lowest BCUT2D eigenvalue weighted by molar-refractivity contribution is -0.279. The summed E-state index contributed by atoms with van der Waals surface area (Å²) < 4.78 is 31.7. The smallest absolute Gasteiger partial charge is 0.412 e. The number of anilines is 1. The van der Waals surface area contributed by atoms with Crippen LogP contribution in [0.2, 0.25) is 5.02 Å². The van der Waals surface area contributed by atoms with Crippen molar-refractivity contribution in [2.75, 3.05) is 38.2 Å². The second kappa shape index (κ2) is 16.6. The highest BCUT2D eigenvalue weighted by Gasteiger charge is 2.66. The summed E-state index contributed by atoms with van der Waals surface area (Å²) in [5.41, 5.74) is 0.603. The Morgan fingerprint density at radius 2 is 1.60 bits per heavy atom. The van der Waals surface area contributed by atoms with Gasteiger partial charge in [-0.05, 0) is 70.5 Å². The molecule has 0 saturated carbocycles. The number of piperidine rings is 1. The molecule has 42 heavy (non-hydrogen) atoms. The van der Waals surface area contributed by atoms with E-state index in [-0.39, 0.29) is 6.61 Å². The van der Waals surface area contributed by atoms with Crippen LogP contribution in [0.1, 0.15) is 104 Å². The van der Waals surface area contributed by atoms with Gasteiger partial charge in [-0.25, -0.2) is 4.79 Å². The molecule has 0 unspecified atom stereocenters. The summed E-state index contributed by atoms with van der Waals surface area (Å²) in [6.45, 7) is 9.50. The molecule has 0 aromatic heterocycles. The number of ether oxygens (including phenoxy) is 5. The summed E-state index contributed by atoms with van der Waals surface area (Å²) in [6.07, 6.45) is 14.1. The Balaban J connectivity index is 1.32. The van der Waals surface area contributed by atoms with Crippen LogP contribution < -0.4 is 5.32 Å². The first kappa shape index (κ1) is 33.5. The van der Waals surface area contributed by atoms with Gasteiger partial charge >= 0.3 is 6.09 Å². The van der Waals surface area contributed by atoms with Crippen LogP contribution >= 0.6 is 11.6 Å². The number of hydrogen-bond acceptors (Lipinski definition) is 7. The number of fused-ring (bicyclic) bond motifs is 1. The van der Waals surface area contributed by atoms with E-state index < -0.39 is 36.0 Å². The van der Waals surface area contributed by atoms with Crippen molar-refractivity contribution in [1.29, 1.82) is 0 Å². The van der Waals surface area contributed by atoms with Gasteiger partial charge in [0.05, 0.1) is 0 Å². The maximum absolute atomic E-state index is 13.1. The standard InChI is InChI=1S/C33H53ClN2O6/c1-4-5-6-7-8-9-10-11-12-16-23-38-25-33-30(41-32(2,3)42-33)29(28(40-33)24-36-21-14-13-15-22-36)39-31(37)35-27-19-17-26(34)18-20-27/h17-20,28-30H,4-16,21-25H2,1-3H3,(H,35,37)/t28-,29+,30-,33-/m0/s1. The highest BCUT2D eigenvalue weighted by atomic mass is 35.5. The molecule has 1 N–H and O–H groups in total. The summed E-state index contributed by atoms with van der Waals surface area (Å²) >= 11 is 6.00. The third-order valence-electron chi connectivity index (χ3n) is 8.44. The number of amides is 1. The molecule has 1 aromatic carbocycles. The van der Waals surface area contributed by atoms with Crippen LogP contribution in [0.4, 0.5) is 10.5 Å². The van der Waals surface area contributed by atoms with Gasteiger partial charge in [-0.2, -0.15) is 0 Å². The summed E-state index contributed by atoms with van der Waals surface area (Å²) in [5.74, 6) is -2.02. The van der Waals surface area contributed by atoms with E-state index >= 15 is 0 Å². The van der Waals surface area contributed by atoms with Crippen LogP contribution in [-0.4, -0.2) is 73.7 Å². The summed E-state index contributed by atoms with van der Waals surface area (Å²) in [5, 5.41) is 3.41. The van der Waals surface area contributed by atoms with Crippen LogP contribution in [0.3, 0.4) is 0 Å². The van der Waals surface area contributed by atoms with Gasteiger partial charge in [0, 0.05) is 23.9 Å². The molecule has 0 aliphatic carbocycles. The van der Waals surface area contributed by atoms with Crippen LogP contribution in [0.15, 0.2) is 24.3 Å². The Morgan fingerprint density at radius 1 is 0.952 bits per heavy atom. The Hall–Kier alpha value is -1.42. The minimum Gasteiger partial charge on any atom is -0.440 e. The van der Waals surface area contributed by atoms with Crippen molar-refractivity contribution < 1.29 is 28.5 Å². The van der Waals surface area contributed by atoms with E-state index in [4.69, 9.17) is 35.3 Å². The molecule has 3 aliphatic heterocycles. The zero-order valence-corrected chi connectivity index (χ0v) is 26.8. The first-order valence-electron chi connectivity index (χ1n) is 16.4. The largest absolute Gasteiger partial charge is 0.440 e. The molecule has 0 bridgehead atoms. The van der Waals surface area contributed by atoms with Crippen molar-refractivity contribution in [2.45, 2.75) is 134 Å². The lowest BCUT2D eigenvalue weighted by Crippen LogP contribution is -2.46. The molecular weight excluding hydrogens is 556 g/mol. The van der Waals surface area contributed by atoms with E-state index in [2.05, 4.69) is 17.1 Å². The van der Waals surface area contributed by atoms with E-state index in [1.54, 1.807) is 24.3 Å². The van der Waals surface area contributed by atoms with E-state index in [9.17, 15) is 4.79 Å². The highest BCUT2D eigenvalue weighted by molar-refractivity contribution is 6.30. The number of rotatable bonds is 17. The van der Waals surface area contributed by atoms with Gasteiger partial charge < -0.3 is 28.6 Å². The van der Waals surface area contributed by atoms with Crippen molar-refractivity contribution in [3.8, 4) is 0 Å². The second-order valence-corrected chi connectivity index (χ2v) is 13.0. The van der Waals surface area contributed by atoms with Gasteiger partial charge in [0.2, 0.25) is 5.79 Å². The topological polar surface area (TPSA) is 78.5 Å². The minimum absolute atomic E-state index is 0.230. The van der Waals surface area contributed by atoms with Gasteiger partial charge in [-0.3, -0.25) is 5.32 Å². The first-order chi connectivity index (χ1) is 20.3. The Bertz CT molecular complexity index is 941. The molecule has 0 radical (unpaired) electrons. The Kier molecular flexibility index (Phi) is 13.2. The molecule has 1 aromatic rings. The zero-order chi connectivity index (χ0) is 29.8. The fourth-order valence-electron chi connectivity index (χ4n) is 6.35. The number of nitrogens with one attached hydrogen (secondary N) is 1. The number of hydrogen-bond donors (Lipinski definition) is 1. The van der Waals surface area contributed by atoms with Crippen molar-refractivity contribution in [3.05, 3.63) is 29.3 Å². The summed E-state index contributed by atoms with van der Waals surface area (Å²) in [7, 11) is 0. The molecule has 238 valence electrons. The molecular formula is C33H53ClN2O6. The fourth-order valence-corrected chi connectivity index (χ4v) is 6.48. The Labute approximate surface area is 258 Å². The number of unbranched alkanes of at least 4 members (excludes halogenated alkanes) is 9.